The maximum absolute atomic E-state index is 12.8. The van der Waals surface area contributed by atoms with Gasteiger partial charge in [0.1, 0.15) is 0 Å². The topological polar surface area (TPSA) is 48.0 Å². The van der Waals surface area contributed by atoms with Crippen molar-refractivity contribution in [2.45, 2.75) is 37.5 Å². The first-order valence-electron chi connectivity index (χ1n) is 6.74. The van der Waals surface area contributed by atoms with E-state index in [1.807, 2.05) is 24.0 Å². The predicted molar refractivity (Wildman–Crippen MR) is 70.9 cm³/mol. The van der Waals surface area contributed by atoms with Gasteiger partial charge in [-0.05, 0) is 25.8 Å². The number of ether oxygens (including phenoxy) is 3. The SMILES string of the molecule is COC[C@@H]1CC[C@@H](COC)N1C(=O)[C@]1(C)C=CCO1. The smallest absolute Gasteiger partial charge is 0.259 e. The van der Waals surface area contributed by atoms with E-state index in [9.17, 15) is 4.79 Å². The van der Waals surface area contributed by atoms with Crippen LogP contribution in [0.15, 0.2) is 12.2 Å². The summed E-state index contributed by atoms with van der Waals surface area (Å²) in [6.07, 6.45) is 5.65. The molecule has 1 fully saturated rings. The van der Waals surface area contributed by atoms with Crippen molar-refractivity contribution in [1.29, 1.82) is 0 Å². The summed E-state index contributed by atoms with van der Waals surface area (Å²) in [5.41, 5.74) is -0.831. The molecule has 1 amide bonds. The van der Waals surface area contributed by atoms with Crippen molar-refractivity contribution in [2.24, 2.45) is 0 Å². The Hall–Kier alpha value is -0.910. The number of carbonyl (C=O) groups excluding carboxylic acids is 1. The van der Waals surface area contributed by atoms with E-state index >= 15 is 0 Å². The van der Waals surface area contributed by atoms with Crippen molar-refractivity contribution in [3.63, 3.8) is 0 Å². The lowest BCUT2D eigenvalue weighted by Crippen LogP contribution is -2.53. The van der Waals surface area contributed by atoms with Crippen molar-refractivity contribution in [2.75, 3.05) is 34.0 Å². The maximum Gasteiger partial charge on any atom is 0.259 e. The van der Waals surface area contributed by atoms with Gasteiger partial charge < -0.3 is 19.1 Å². The van der Waals surface area contributed by atoms with Gasteiger partial charge in [0.25, 0.3) is 5.91 Å². The number of methoxy groups -OCH3 is 2. The van der Waals surface area contributed by atoms with Gasteiger partial charge in [-0.1, -0.05) is 6.08 Å². The Bertz CT molecular complexity index is 343. The van der Waals surface area contributed by atoms with Gasteiger partial charge in [0.05, 0.1) is 31.9 Å². The summed E-state index contributed by atoms with van der Waals surface area (Å²) >= 11 is 0. The molecule has 5 nitrogen and oxygen atoms in total. The Morgan fingerprint density at radius 1 is 1.32 bits per heavy atom. The molecule has 0 saturated carbocycles. The van der Waals surface area contributed by atoms with Gasteiger partial charge in [-0.2, -0.15) is 0 Å². The quantitative estimate of drug-likeness (QED) is 0.698. The van der Waals surface area contributed by atoms with Crippen LogP contribution in [0.25, 0.3) is 0 Å². The number of likely N-dealkylation sites (tertiary alicyclic amines) is 1. The monoisotopic (exact) mass is 269 g/mol. The van der Waals surface area contributed by atoms with Crippen molar-refractivity contribution >= 4 is 5.91 Å². The highest BCUT2D eigenvalue weighted by molar-refractivity contribution is 5.88. The average Bonchev–Trinajstić information content (AvgIpc) is 2.98. The lowest BCUT2D eigenvalue weighted by molar-refractivity contribution is -0.153. The number of carbonyl (C=O) groups is 1. The number of hydrogen-bond acceptors (Lipinski definition) is 4. The number of hydrogen-bond donors (Lipinski definition) is 0. The van der Waals surface area contributed by atoms with Crippen LogP contribution < -0.4 is 0 Å². The van der Waals surface area contributed by atoms with E-state index in [1.54, 1.807) is 14.2 Å². The lowest BCUT2D eigenvalue weighted by atomic mass is 10.0. The van der Waals surface area contributed by atoms with E-state index in [-0.39, 0.29) is 18.0 Å². The molecule has 2 heterocycles. The number of rotatable bonds is 5. The summed E-state index contributed by atoms with van der Waals surface area (Å²) in [5.74, 6) is 0.0165. The highest BCUT2D eigenvalue weighted by atomic mass is 16.5. The molecule has 108 valence electrons. The van der Waals surface area contributed by atoms with E-state index < -0.39 is 5.60 Å². The third kappa shape index (κ3) is 2.83. The fourth-order valence-electron chi connectivity index (χ4n) is 2.94. The van der Waals surface area contributed by atoms with Crippen LogP contribution >= 0.6 is 0 Å². The zero-order chi connectivity index (χ0) is 13.9. The Morgan fingerprint density at radius 2 is 1.89 bits per heavy atom. The molecule has 0 aromatic heterocycles. The van der Waals surface area contributed by atoms with Crippen LogP contribution in [0.2, 0.25) is 0 Å². The third-order valence-electron chi connectivity index (χ3n) is 3.91. The minimum atomic E-state index is -0.831. The molecule has 1 saturated heterocycles. The highest BCUT2D eigenvalue weighted by Crippen LogP contribution is 2.30. The summed E-state index contributed by atoms with van der Waals surface area (Å²) in [5, 5.41) is 0. The maximum atomic E-state index is 12.8. The second-order valence-electron chi connectivity index (χ2n) is 5.33. The van der Waals surface area contributed by atoms with Crippen molar-refractivity contribution in [3.8, 4) is 0 Å². The van der Waals surface area contributed by atoms with Crippen LogP contribution in [0.3, 0.4) is 0 Å². The molecule has 19 heavy (non-hydrogen) atoms. The molecule has 2 aliphatic rings. The first kappa shape index (κ1) is 14.5. The lowest BCUT2D eigenvalue weighted by Gasteiger charge is -2.35. The highest BCUT2D eigenvalue weighted by Gasteiger charge is 2.45. The number of amides is 1. The van der Waals surface area contributed by atoms with Crippen molar-refractivity contribution < 1.29 is 19.0 Å². The van der Waals surface area contributed by atoms with Gasteiger partial charge >= 0.3 is 0 Å². The van der Waals surface area contributed by atoms with Crippen LogP contribution in [0, 0.1) is 0 Å². The molecule has 2 aliphatic heterocycles. The van der Waals surface area contributed by atoms with Crippen molar-refractivity contribution in [3.05, 3.63) is 12.2 Å². The largest absolute Gasteiger partial charge is 0.383 e. The van der Waals surface area contributed by atoms with Gasteiger partial charge in [0, 0.05) is 14.2 Å². The van der Waals surface area contributed by atoms with Gasteiger partial charge in [-0.3, -0.25) is 4.79 Å². The summed E-state index contributed by atoms with van der Waals surface area (Å²) < 4.78 is 16.1. The van der Waals surface area contributed by atoms with Gasteiger partial charge in [0.2, 0.25) is 0 Å². The van der Waals surface area contributed by atoms with Crippen molar-refractivity contribution in [1.82, 2.24) is 4.90 Å². The second kappa shape index (κ2) is 6.03. The molecular weight excluding hydrogens is 246 g/mol. The van der Waals surface area contributed by atoms with E-state index in [0.717, 1.165) is 12.8 Å². The van der Waals surface area contributed by atoms with E-state index in [1.165, 1.54) is 0 Å². The van der Waals surface area contributed by atoms with Crippen LogP contribution in [0.1, 0.15) is 19.8 Å². The Labute approximate surface area is 114 Å². The first-order chi connectivity index (χ1) is 9.12. The Morgan fingerprint density at radius 3 is 2.32 bits per heavy atom. The van der Waals surface area contributed by atoms with Gasteiger partial charge in [-0.15, -0.1) is 0 Å². The molecule has 0 spiro atoms. The summed E-state index contributed by atoms with van der Waals surface area (Å²) in [6.45, 7) is 3.45. The number of nitrogens with zero attached hydrogens (tertiary/aromatic N) is 1. The molecule has 0 aromatic carbocycles. The molecular formula is C14H23NO4. The third-order valence-corrected chi connectivity index (χ3v) is 3.91. The van der Waals surface area contributed by atoms with E-state index in [4.69, 9.17) is 14.2 Å². The fourth-order valence-corrected chi connectivity index (χ4v) is 2.94. The minimum Gasteiger partial charge on any atom is -0.383 e. The average molecular weight is 269 g/mol. The Balaban J connectivity index is 2.15. The minimum absolute atomic E-state index is 0.0165. The molecule has 3 atom stereocenters. The van der Waals surface area contributed by atoms with E-state index in [0.29, 0.717) is 19.8 Å². The van der Waals surface area contributed by atoms with Crippen LogP contribution in [0.4, 0.5) is 0 Å². The normalized spacial score (nSPS) is 34.2. The molecule has 0 aromatic rings. The first-order valence-corrected chi connectivity index (χ1v) is 6.74. The summed E-state index contributed by atoms with van der Waals surface area (Å²) in [6, 6.07) is 0.235. The molecule has 0 bridgehead atoms. The van der Waals surface area contributed by atoms with Gasteiger partial charge in [0.15, 0.2) is 5.60 Å². The molecule has 2 rings (SSSR count). The second-order valence-corrected chi connectivity index (χ2v) is 5.33. The summed E-state index contributed by atoms with van der Waals surface area (Å²) in [7, 11) is 3.33. The predicted octanol–water partition coefficient (Wildman–Crippen LogP) is 0.984. The van der Waals surface area contributed by atoms with E-state index in [2.05, 4.69) is 0 Å². The zero-order valence-electron chi connectivity index (χ0n) is 11.9. The van der Waals surface area contributed by atoms with Crippen LogP contribution in [0.5, 0.6) is 0 Å². The van der Waals surface area contributed by atoms with Crippen LogP contribution in [-0.4, -0.2) is 62.5 Å². The molecule has 0 unspecified atom stereocenters. The Kier molecular flexibility index (Phi) is 4.60. The fraction of sp³-hybridized carbons (Fsp3) is 0.786. The molecule has 0 aliphatic carbocycles. The zero-order valence-corrected chi connectivity index (χ0v) is 11.9. The molecule has 5 heteroatoms. The van der Waals surface area contributed by atoms with Crippen LogP contribution in [-0.2, 0) is 19.0 Å². The standard InChI is InChI=1S/C14H23NO4/c1-14(7-4-8-19-14)13(16)15-11(9-17-2)5-6-12(15)10-18-3/h4,7,11-12H,5-6,8-10H2,1-3H3/t11-,12-,14-/m0/s1. The summed E-state index contributed by atoms with van der Waals surface area (Å²) in [4.78, 5) is 14.7. The molecule has 0 radical (unpaired) electrons. The van der Waals surface area contributed by atoms with Gasteiger partial charge in [-0.25, -0.2) is 0 Å². The molecule has 0 N–H and O–H groups in total.